The van der Waals surface area contributed by atoms with E-state index in [1.54, 1.807) is 44.5 Å². The van der Waals surface area contributed by atoms with Gasteiger partial charge < -0.3 is 19.7 Å². The number of carbonyl (C=O) groups excluding carboxylic acids is 1. The summed E-state index contributed by atoms with van der Waals surface area (Å²) in [6, 6.07) is 14.3. The molecule has 0 fully saturated rings. The van der Waals surface area contributed by atoms with Crippen LogP contribution in [0.1, 0.15) is 12.5 Å². The summed E-state index contributed by atoms with van der Waals surface area (Å²) in [5, 5.41) is 13.6. The number of amides is 1. The summed E-state index contributed by atoms with van der Waals surface area (Å²) in [4.78, 5) is 25.0. The number of methoxy groups -OCH3 is 1. The normalized spacial score (nSPS) is 12.0. The van der Waals surface area contributed by atoms with E-state index >= 15 is 0 Å². The summed E-state index contributed by atoms with van der Waals surface area (Å²) in [7, 11) is 1.58. The van der Waals surface area contributed by atoms with E-state index in [0.717, 1.165) is 5.56 Å². The molecular formula is C21H22N2O4. The van der Waals surface area contributed by atoms with Crippen molar-refractivity contribution in [3.05, 3.63) is 70.6 Å². The maximum Gasteiger partial charge on any atom is 0.258 e. The van der Waals surface area contributed by atoms with E-state index < -0.39 is 6.10 Å². The zero-order chi connectivity index (χ0) is 19.4. The number of hydrogen-bond donors (Lipinski definition) is 2. The number of pyridine rings is 1. The molecule has 27 heavy (non-hydrogen) atoms. The van der Waals surface area contributed by atoms with Crippen molar-refractivity contribution in [3.8, 4) is 5.75 Å². The fourth-order valence-corrected chi connectivity index (χ4v) is 3.02. The van der Waals surface area contributed by atoms with Crippen LogP contribution in [0.4, 0.5) is 5.69 Å². The molecule has 0 saturated carbocycles. The quantitative estimate of drug-likeness (QED) is 0.703. The van der Waals surface area contributed by atoms with Crippen LogP contribution in [-0.4, -0.2) is 28.8 Å². The van der Waals surface area contributed by atoms with Crippen LogP contribution < -0.4 is 15.6 Å². The van der Waals surface area contributed by atoms with Crippen LogP contribution in [0.25, 0.3) is 10.8 Å². The van der Waals surface area contributed by atoms with Gasteiger partial charge in [0, 0.05) is 22.7 Å². The van der Waals surface area contributed by atoms with Gasteiger partial charge in [-0.05, 0) is 42.8 Å². The van der Waals surface area contributed by atoms with E-state index in [1.807, 2.05) is 24.3 Å². The average Bonchev–Trinajstić information content (AvgIpc) is 2.64. The van der Waals surface area contributed by atoms with E-state index in [1.165, 1.54) is 4.57 Å². The molecular weight excluding hydrogens is 344 g/mol. The third-order valence-corrected chi connectivity index (χ3v) is 4.25. The van der Waals surface area contributed by atoms with Crippen LogP contribution in [0.15, 0.2) is 59.5 Å². The molecule has 3 rings (SSSR count). The zero-order valence-electron chi connectivity index (χ0n) is 15.3. The Morgan fingerprint density at radius 1 is 1.19 bits per heavy atom. The molecule has 1 atom stereocenters. The molecule has 1 unspecified atom stereocenters. The van der Waals surface area contributed by atoms with Gasteiger partial charge in [-0.3, -0.25) is 9.59 Å². The molecule has 0 radical (unpaired) electrons. The van der Waals surface area contributed by atoms with E-state index in [2.05, 4.69) is 5.32 Å². The second-order valence-electron chi connectivity index (χ2n) is 6.47. The van der Waals surface area contributed by atoms with Gasteiger partial charge in [-0.15, -0.1) is 0 Å². The zero-order valence-corrected chi connectivity index (χ0v) is 15.3. The number of aromatic nitrogens is 1. The Bertz CT molecular complexity index is 1020. The maximum atomic E-state index is 12.6. The molecule has 0 spiro atoms. The molecule has 1 heterocycles. The van der Waals surface area contributed by atoms with Crippen LogP contribution in [0, 0.1) is 0 Å². The van der Waals surface area contributed by atoms with Crippen molar-refractivity contribution >= 4 is 22.4 Å². The number of benzene rings is 2. The maximum absolute atomic E-state index is 12.6. The number of nitrogens with one attached hydrogen (secondary N) is 1. The lowest BCUT2D eigenvalue weighted by atomic mass is 10.1. The SMILES string of the molecule is COc1cccc(CC(=O)Nc2cccc3c(=O)n(CC(C)O)ccc23)c1. The van der Waals surface area contributed by atoms with Crippen molar-refractivity contribution in [2.75, 3.05) is 12.4 Å². The molecule has 140 valence electrons. The van der Waals surface area contributed by atoms with E-state index in [4.69, 9.17) is 4.74 Å². The number of aliphatic hydroxyl groups excluding tert-OH is 1. The van der Waals surface area contributed by atoms with E-state index in [-0.39, 0.29) is 24.4 Å². The Morgan fingerprint density at radius 2 is 1.96 bits per heavy atom. The minimum Gasteiger partial charge on any atom is -0.497 e. The lowest BCUT2D eigenvalue weighted by Crippen LogP contribution is -2.25. The van der Waals surface area contributed by atoms with Crippen LogP contribution in [0.5, 0.6) is 5.75 Å². The fourth-order valence-electron chi connectivity index (χ4n) is 3.02. The lowest BCUT2D eigenvalue weighted by Gasteiger charge is -2.12. The number of carbonyl (C=O) groups is 1. The van der Waals surface area contributed by atoms with Crippen LogP contribution in [0.2, 0.25) is 0 Å². The molecule has 1 aromatic heterocycles. The van der Waals surface area contributed by atoms with Gasteiger partial charge in [0.15, 0.2) is 0 Å². The molecule has 0 bridgehead atoms. The van der Waals surface area contributed by atoms with Gasteiger partial charge in [-0.25, -0.2) is 0 Å². The van der Waals surface area contributed by atoms with Crippen molar-refractivity contribution < 1.29 is 14.6 Å². The van der Waals surface area contributed by atoms with E-state index in [0.29, 0.717) is 22.2 Å². The molecule has 2 aromatic carbocycles. The number of anilines is 1. The summed E-state index contributed by atoms with van der Waals surface area (Å²) in [6.45, 7) is 1.85. The average molecular weight is 366 g/mol. The van der Waals surface area contributed by atoms with Crippen LogP contribution in [-0.2, 0) is 17.8 Å². The van der Waals surface area contributed by atoms with Gasteiger partial charge >= 0.3 is 0 Å². The second kappa shape index (κ2) is 8.05. The van der Waals surface area contributed by atoms with Crippen molar-refractivity contribution in [2.45, 2.75) is 26.0 Å². The van der Waals surface area contributed by atoms with E-state index in [9.17, 15) is 14.7 Å². The summed E-state index contributed by atoms with van der Waals surface area (Å²) in [5.74, 6) is 0.521. The predicted octanol–water partition coefficient (Wildman–Crippen LogP) is 2.57. The minimum atomic E-state index is -0.620. The number of ether oxygens (including phenoxy) is 1. The molecule has 0 saturated heterocycles. The molecule has 1 amide bonds. The Hall–Kier alpha value is -3.12. The molecule has 0 aliphatic rings. The van der Waals surface area contributed by atoms with Crippen molar-refractivity contribution in [1.29, 1.82) is 0 Å². The number of nitrogens with zero attached hydrogens (tertiary/aromatic N) is 1. The van der Waals surface area contributed by atoms with Crippen LogP contribution >= 0.6 is 0 Å². The minimum absolute atomic E-state index is 0.177. The fraction of sp³-hybridized carbons (Fsp3) is 0.238. The third-order valence-electron chi connectivity index (χ3n) is 4.25. The van der Waals surface area contributed by atoms with Gasteiger partial charge in [0.1, 0.15) is 5.75 Å². The van der Waals surface area contributed by atoms with Crippen molar-refractivity contribution in [2.24, 2.45) is 0 Å². The summed E-state index contributed by atoms with van der Waals surface area (Å²) in [6.07, 6.45) is 1.22. The molecule has 0 aliphatic carbocycles. The summed E-state index contributed by atoms with van der Waals surface area (Å²) < 4.78 is 6.64. The lowest BCUT2D eigenvalue weighted by molar-refractivity contribution is -0.115. The first-order valence-corrected chi connectivity index (χ1v) is 8.71. The van der Waals surface area contributed by atoms with Crippen molar-refractivity contribution in [3.63, 3.8) is 0 Å². The number of hydrogen-bond acceptors (Lipinski definition) is 4. The van der Waals surface area contributed by atoms with Crippen LogP contribution in [0.3, 0.4) is 0 Å². The highest BCUT2D eigenvalue weighted by Crippen LogP contribution is 2.21. The second-order valence-corrected chi connectivity index (χ2v) is 6.47. The smallest absolute Gasteiger partial charge is 0.258 e. The first-order chi connectivity index (χ1) is 13.0. The van der Waals surface area contributed by atoms with Gasteiger partial charge in [0.25, 0.3) is 5.56 Å². The Kier molecular flexibility index (Phi) is 5.57. The monoisotopic (exact) mass is 366 g/mol. The molecule has 6 heteroatoms. The van der Waals surface area contributed by atoms with Gasteiger partial charge in [0.2, 0.25) is 5.91 Å². The topological polar surface area (TPSA) is 80.6 Å². The number of aliphatic hydroxyl groups is 1. The van der Waals surface area contributed by atoms with Gasteiger partial charge in [0.05, 0.1) is 26.2 Å². The highest BCUT2D eigenvalue weighted by Gasteiger charge is 2.11. The first kappa shape index (κ1) is 18.7. The van der Waals surface area contributed by atoms with Crippen molar-refractivity contribution in [1.82, 2.24) is 4.57 Å². The van der Waals surface area contributed by atoms with Gasteiger partial charge in [-0.2, -0.15) is 0 Å². The highest BCUT2D eigenvalue weighted by atomic mass is 16.5. The largest absolute Gasteiger partial charge is 0.497 e. The third kappa shape index (κ3) is 4.35. The molecule has 2 N–H and O–H groups in total. The summed E-state index contributed by atoms with van der Waals surface area (Å²) in [5.41, 5.74) is 1.23. The Balaban J connectivity index is 1.85. The number of rotatable bonds is 6. The van der Waals surface area contributed by atoms with Gasteiger partial charge in [-0.1, -0.05) is 18.2 Å². The first-order valence-electron chi connectivity index (χ1n) is 8.71. The Labute approximate surface area is 157 Å². The standard InChI is InChI=1S/C21H22N2O4/c1-14(24)13-23-10-9-17-18(21(23)26)7-4-8-19(17)22-20(25)12-15-5-3-6-16(11-15)27-2/h3-11,14,24H,12-13H2,1-2H3,(H,22,25). The predicted molar refractivity (Wildman–Crippen MR) is 105 cm³/mol. The summed E-state index contributed by atoms with van der Waals surface area (Å²) >= 11 is 0. The Morgan fingerprint density at radius 3 is 2.70 bits per heavy atom. The molecule has 0 aliphatic heterocycles. The highest BCUT2D eigenvalue weighted by molar-refractivity contribution is 6.02. The number of fused-ring (bicyclic) bond motifs is 1. The molecule has 3 aromatic rings. The molecule has 6 nitrogen and oxygen atoms in total.